The van der Waals surface area contributed by atoms with Crippen LogP contribution in [0.1, 0.15) is 5.56 Å². The fourth-order valence-corrected chi connectivity index (χ4v) is 2.90. The first-order valence-electron chi connectivity index (χ1n) is 6.64. The van der Waals surface area contributed by atoms with Crippen molar-refractivity contribution < 1.29 is 9.18 Å². The van der Waals surface area contributed by atoms with Gasteiger partial charge in [0.25, 0.3) is 0 Å². The number of amides is 1. The summed E-state index contributed by atoms with van der Waals surface area (Å²) in [5.41, 5.74) is 6.15. The Labute approximate surface area is 116 Å². The first-order chi connectivity index (χ1) is 9.56. The van der Waals surface area contributed by atoms with Gasteiger partial charge in [0.05, 0.1) is 6.04 Å². The number of nitrogens with two attached hydrogens (primary N) is 1. The fourth-order valence-electron chi connectivity index (χ4n) is 2.90. The number of carbonyl (C=O) groups is 1. The molecule has 5 nitrogen and oxygen atoms in total. The van der Waals surface area contributed by atoms with E-state index in [2.05, 4.69) is 14.8 Å². The van der Waals surface area contributed by atoms with Crippen LogP contribution in [-0.4, -0.2) is 60.3 Å². The second-order valence-electron chi connectivity index (χ2n) is 5.33. The molecule has 2 aliphatic heterocycles. The molecule has 20 heavy (non-hydrogen) atoms. The van der Waals surface area contributed by atoms with E-state index in [4.69, 9.17) is 5.73 Å². The van der Waals surface area contributed by atoms with Crippen LogP contribution >= 0.6 is 0 Å². The van der Waals surface area contributed by atoms with Gasteiger partial charge in [-0.25, -0.2) is 4.39 Å². The Morgan fingerprint density at radius 2 is 2.25 bits per heavy atom. The largest absolute Gasteiger partial charge is 0.368 e. The third kappa shape index (κ3) is 2.16. The van der Waals surface area contributed by atoms with E-state index >= 15 is 0 Å². The van der Waals surface area contributed by atoms with E-state index in [0.717, 1.165) is 19.6 Å². The topological polar surface area (TPSA) is 61.9 Å². The Hall–Kier alpha value is -1.95. The van der Waals surface area contributed by atoms with Crippen LogP contribution in [0, 0.1) is 5.82 Å². The Morgan fingerprint density at radius 1 is 1.45 bits per heavy atom. The van der Waals surface area contributed by atoms with Gasteiger partial charge in [-0.1, -0.05) is 12.1 Å². The molecule has 1 saturated heterocycles. The van der Waals surface area contributed by atoms with E-state index < -0.39 is 11.9 Å². The summed E-state index contributed by atoms with van der Waals surface area (Å²) in [7, 11) is 2.01. The lowest BCUT2D eigenvalue weighted by molar-refractivity contribution is -0.120. The number of rotatable bonds is 2. The quantitative estimate of drug-likeness (QED) is 0.830. The number of primary amides is 1. The number of likely N-dealkylation sites (N-methyl/N-ethyl adjacent to an activating group) is 1. The summed E-state index contributed by atoms with van der Waals surface area (Å²) >= 11 is 0. The van der Waals surface area contributed by atoms with E-state index in [1.807, 2.05) is 7.05 Å². The molecule has 0 saturated carbocycles. The van der Waals surface area contributed by atoms with Gasteiger partial charge in [-0.15, -0.1) is 0 Å². The van der Waals surface area contributed by atoms with Gasteiger partial charge < -0.3 is 15.5 Å². The average molecular weight is 276 g/mol. The lowest BCUT2D eigenvalue weighted by Gasteiger charge is -2.38. The number of nitrogens with zero attached hydrogens (tertiary/aromatic N) is 3. The van der Waals surface area contributed by atoms with E-state index in [0.29, 0.717) is 11.4 Å². The normalized spacial score (nSPS) is 26.3. The van der Waals surface area contributed by atoms with Crippen molar-refractivity contribution in [3.05, 3.63) is 35.6 Å². The van der Waals surface area contributed by atoms with Gasteiger partial charge in [0.2, 0.25) is 5.91 Å². The predicted octanol–water partition coefficient (Wildman–Crippen LogP) is 0.0558. The lowest BCUT2D eigenvalue weighted by atomic mass is 10.1. The number of hydrogen-bond donors (Lipinski definition) is 1. The molecular weight excluding hydrogens is 259 g/mol. The molecule has 6 heteroatoms. The summed E-state index contributed by atoms with van der Waals surface area (Å²) < 4.78 is 13.4. The molecule has 0 aromatic heterocycles. The average Bonchev–Trinajstić information content (AvgIpc) is 2.77. The number of aliphatic imine (C=N–C) groups is 1. The number of halogens is 1. The zero-order valence-corrected chi connectivity index (χ0v) is 11.3. The minimum absolute atomic E-state index is 0.0514. The highest BCUT2D eigenvalue weighted by Crippen LogP contribution is 2.25. The smallest absolute Gasteiger partial charge is 0.244 e. The Bertz CT molecular complexity index is 574. The van der Waals surface area contributed by atoms with Gasteiger partial charge in [0.1, 0.15) is 11.7 Å². The first kappa shape index (κ1) is 13.1. The monoisotopic (exact) mass is 276 g/mol. The number of amidine groups is 1. The molecule has 1 amide bonds. The number of carbonyl (C=O) groups excluding carboxylic acids is 1. The SMILES string of the molecule is CN1CCN2C(c3cccc(F)c3)=NC(C(N)=O)C2C1. The number of benzene rings is 1. The molecule has 2 N–H and O–H groups in total. The van der Waals surface area contributed by atoms with Crippen molar-refractivity contribution in [1.29, 1.82) is 0 Å². The number of fused-ring (bicyclic) bond motifs is 1. The highest BCUT2D eigenvalue weighted by molar-refractivity contribution is 6.03. The van der Waals surface area contributed by atoms with Gasteiger partial charge in [0, 0.05) is 25.2 Å². The maximum Gasteiger partial charge on any atom is 0.244 e. The predicted molar refractivity (Wildman–Crippen MR) is 73.9 cm³/mol. The van der Waals surface area contributed by atoms with Gasteiger partial charge in [-0.3, -0.25) is 9.79 Å². The van der Waals surface area contributed by atoms with Crippen molar-refractivity contribution in [2.45, 2.75) is 12.1 Å². The molecule has 106 valence electrons. The maximum absolute atomic E-state index is 13.4. The van der Waals surface area contributed by atoms with Crippen molar-refractivity contribution in [2.24, 2.45) is 10.7 Å². The zero-order valence-electron chi connectivity index (χ0n) is 11.3. The first-order valence-corrected chi connectivity index (χ1v) is 6.64. The van der Waals surface area contributed by atoms with Gasteiger partial charge in [-0.05, 0) is 19.2 Å². The summed E-state index contributed by atoms with van der Waals surface area (Å²) in [5.74, 6) is -0.0634. The van der Waals surface area contributed by atoms with Crippen molar-refractivity contribution in [3.63, 3.8) is 0 Å². The van der Waals surface area contributed by atoms with Crippen LogP contribution in [0.25, 0.3) is 0 Å². The second-order valence-corrected chi connectivity index (χ2v) is 5.33. The molecule has 1 fully saturated rings. The summed E-state index contributed by atoms with van der Waals surface area (Å²) in [6, 6.07) is 5.68. The maximum atomic E-state index is 13.4. The van der Waals surface area contributed by atoms with Gasteiger partial charge in [-0.2, -0.15) is 0 Å². The fraction of sp³-hybridized carbons (Fsp3) is 0.429. The van der Waals surface area contributed by atoms with Crippen molar-refractivity contribution in [2.75, 3.05) is 26.7 Å². The molecule has 0 radical (unpaired) electrons. The van der Waals surface area contributed by atoms with E-state index in [-0.39, 0.29) is 11.9 Å². The lowest BCUT2D eigenvalue weighted by Crippen LogP contribution is -2.56. The molecule has 1 aromatic carbocycles. The summed E-state index contributed by atoms with van der Waals surface area (Å²) in [6.07, 6.45) is 0. The molecule has 2 aliphatic rings. The molecule has 1 aromatic rings. The molecule has 2 heterocycles. The molecule has 2 atom stereocenters. The van der Waals surface area contributed by atoms with Crippen LogP contribution < -0.4 is 5.73 Å². The highest BCUT2D eigenvalue weighted by atomic mass is 19.1. The van der Waals surface area contributed by atoms with Crippen LogP contribution in [0.2, 0.25) is 0 Å². The van der Waals surface area contributed by atoms with E-state index in [1.54, 1.807) is 12.1 Å². The summed E-state index contributed by atoms with van der Waals surface area (Å²) in [5, 5.41) is 0. The van der Waals surface area contributed by atoms with Crippen molar-refractivity contribution >= 4 is 11.7 Å². The van der Waals surface area contributed by atoms with Crippen LogP contribution in [-0.2, 0) is 4.79 Å². The Kier molecular flexibility index (Phi) is 3.17. The highest BCUT2D eigenvalue weighted by Gasteiger charge is 2.42. The minimum atomic E-state index is -0.559. The van der Waals surface area contributed by atoms with Gasteiger partial charge in [0.15, 0.2) is 6.04 Å². The number of piperazine rings is 1. The third-order valence-electron chi connectivity index (χ3n) is 3.89. The third-order valence-corrected chi connectivity index (χ3v) is 3.89. The van der Waals surface area contributed by atoms with E-state index in [1.165, 1.54) is 12.1 Å². The molecule has 3 rings (SSSR count). The molecule has 0 aliphatic carbocycles. The van der Waals surface area contributed by atoms with Crippen LogP contribution in [0.15, 0.2) is 29.3 Å². The van der Waals surface area contributed by atoms with Crippen LogP contribution in [0.4, 0.5) is 4.39 Å². The Balaban J connectivity index is 1.98. The second kappa shape index (κ2) is 4.86. The van der Waals surface area contributed by atoms with Crippen molar-refractivity contribution in [3.8, 4) is 0 Å². The van der Waals surface area contributed by atoms with Crippen LogP contribution in [0.3, 0.4) is 0 Å². The van der Waals surface area contributed by atoms with Gasteiger partial charge >= 0.3 is 0 Å². The molecule has 2 unspecified atom stereocenters. The molecular formula is C14H17FN4O. The standard InChI is InChI=1S/C14H17FN4O/c1-18-5-6-19-11(8-18)12(13(16)20)17-14(19)9-3-2-4-10(15)7-9/h2-4,7,11-12H,5-6,8H2,1H3,(H2,16,20). The Morgan fingerprint density at radius 3 is 2.95 bits per heavy atom. The summed E-state index contributed by atoms with van der Waals surface area (Å²) in [6.45, 7) is 2.38. The zero-order chi connectivity index (χ0) is 14.3. The molecule has 0 spiro atoms. The van der Waals surface area contributed by atoms with Crippen molar-refractivity contribution in [1.82, 2.24) is 9.80 Å². The minimum Gasteiger partial charge on any atom is -0.368 e. The van der Waals surface area contributed by atoms with E-state index in [9.17, 15) is 9.18 Å². The summed E-state index contributed by atoms with van der Waals surface area (Å²) in [4.78, 5) is 20.3. The number of hydrogen-bond acceptors (Lipinski definition) is 4. The van der Waals surface area contributed by atoms with Crippen LogP contribution in [0.5, 0.6) is 0 Å². The molecule has 0 bridgehead atoms.